The van der Waals surface area contributed by atoms with Gasteiger partial charge in [0.1, 0.15) is 0 Å². The van der Waals surface area contributed by atoms with Crippen LogP contribution >= 0.6 is 0 Å². The molecule has 0 aromatic heterocycles. The molecule has 2 amide bonds. The van der Waals surface area contributed by atoms with Crippen molar-refractivity contribution in [3.63, 3.8) is 0 Å². The van der Waals surface area contributed by atoms with E-state index in [1.807, 2.05) is 4.90 Å². The zero-order valence-electron chi connectivity index (χ0n) is 11.1. The molecule has 2 aliphatic heterocycles. The highest BCUT2D eigenvalue weighted by Crippen LogP contribution is 2.22. The zero-order valence-corrected chi connectivity index (χ0v) is 11.1. The van der Waals surface area contributed by atoms with E-state index in [4.69, 9.17) is 4.74 Å². The highest BCUT2D eigenvalue weighted by atomic mass is 16.5. The highest BCUT2D eigenvalue weighted by Gasteiger charge is 2.30. The number of ether oxygens (including phenoxy) is 1. The monoisotopic (exact) mass is 254 g/mol. The molecule has 2 heterocycles. The molecule has 0 radical (unpaired) electrons. The van der Waals surface area contributed by atoms with Gasteiger partial charge in [0.15, 0.2) is 0 Å². The Bertz CT molecular complexity index is 305. The molecule has 0 bridgehead atoms. The number of carbonyl (C=O) groups excluding carboxylic acids is 2. The number of likely N-dealkylation sites (tertiary alicyclic amines) is 2. The topological polar surface area (TPSA) is 49.9 Å². The Kier molecular flexibility index (Phi) is 4.44. The van der Waals surface area contributed by atoms with Gasteiger partial charge in [0.25, 0.3) is 0 Å². The lowest BCUT2D eigenvalue weighted by atomic mass is 9.94. The average Bonchev–Trinajstić information content (AvgIpc) is 2.47. The Balaban J connectivity index is 1.81. The van der Waals surface area contributed by atoms with E-state index in [1.54, 1.807) is 4.90 Å². The molecule has 0 spiro atoms. The standard InChI is InChI=1S/C13H22N2O3/c1-18-13(17)15-9-5-11(6-10-15)12(16)14-7-3-2-4-8-14/h11H,2-10H2,1H3. The molecule has 2 saturated heterocycles. The van der Waals surface area contributed by atoms with Gasteiger partial charge in [0.2, 0.25) is 5.91 Å². The van der Waals surface area contributed by atoms with Crippen LogP contribution in [0.2, 0.25) is 0 Å². The summed E-state index contributed by atoms with van der Waals surface area (Å²) < 4.78 is 4.69. The third-order valence-electron chi connectivity index (χ3n) is 3.94. The summed E-state index contributed by atoms with van der Waals surface area (Å²) >= 11 is 0. The fraction of sp³-hybridized carbons (Fsp3) is 0.846. The van der Waals surface area contributed by atoms with Gasteiger partial charge in [-0.2, -0.15) is 0 Å². The summed E-state index contributed by atoms with van der Waals surface area (Å²) in [5.74, 6) is 0.392. The van der Waals surface area contributed by atoms with Crippen LogP contribution in [0.1, 0.15) is 32.1 Å². The van der Waals surface area contributed by atoms with Gasteiger partial charge in [-0.25, -0.2) is 4.79 Å². The van der Waals surface area contributed by atoms with Crippen LogP contribution in [0, 0.1) is 5.92 Å². The van der Waals surface area contributed by atoms with E-state index < -0.39 is 0 Å². The van der Waals surface area contributed by atoms with Crippen LogP contribution in [0.3, 0.4) is 0 Å². The van der Waals surface area contributed by atoms with Crippen molar-refractivity contribution in [2.24, 2.45) is 5.92 Å². The van der Waals surface area contributed by atoms with Crippen molar-refractivity contribution < 1.29 is 14.3 Å². The second-order valence-electron chi connectivity index (χ2n) is 5.12. The van der Waals surface area contributed by atoms with Crippen molar-refractivity contribution in [2.75, 3.05) is 33.3 Å². The Labute approximate surface area is 108 Å². The van der Waals surface area contributed by atoms with E-state index in [9.17, 15) is 9.59 Å². The molecule has 0 aromatic carbocycles. The zero-order chi connectivity index (χ0) is 13.0. The van der Waals surface area contributed by atoms with Gasteiger partial charge in [-0.3, -0.25) is 4.79 Å². The molecule has 2 fully saturated rings. The number of carbonyl (C=O) groups is 2. The Hall–Kier alpha value is -1.26. The van der Waals surface area contributed by atoms with Crippen molar-refractivity contribution in [1.29, 1.82) is 0 Å². The molecule has 0 aliphatic carbocycles. The summed E-state index contributed by atoms with van der Waals surface area (Å²) in [6.07, 6.45) is 4.76. The summed E-state index contributed by atoms with van der Waals surface area (Å²) in [6, 6.07) is 0. The summed E-state index contributed by atoms with van der Waals surface area (Å²) in [7, 11) is 1.40. The maximum Gasteiger partial charge on any atom is 0.409 e. The van der Waals surface area contributed by atoms with Gasteiger partial charge in [-0.15, -0.1) is 0 Å². The summed E-state index contributed by atoms with van der Waals surface area (Å²) in [6.45, 7) is 3.10. The van der Waals surface area contributed by atoms with E-state index in [0.29, 0.717) is 19.0 Å². The third kappa shape index (κ3) is 2.94. The first-order valence-electron chi connectivity index (χ1n) is 6.84. The van der Waals surface area contributed by atoms with E-state index >= 15 is 0 Å². The van der Waals surface area contributed by atoms with Crippen molar-refractivity contribution in [3.8, 4) is 0 Å². The van der Waals surface area contributed by atoms with Crippen molar-refractivity contribution in [2.45, 2.75) is 32.1 Å². The molecule has 2 rings (SSSR count). The molecular formula is C13H22N2O3. The number of methoxy groups -OCH3 is 1. The molecular weight excluding hydrogens is 232 g/mol. The van der Waals surface area contributed by atoms with Crippen LogP contribution in [0.5, 0.6) is 0 Å². The third-order valence-corrected chi connectivity index (χ3v) is 3.94. The largest absolute Gasteiger partial charge is 0.453 e. The number of nitrogens with zero attached hydrogens (tertiary/aromatic N) is 2. The molecule has 0 unspecified atom stereocenters. The van der Waals surface area contributed by atoms with Gasteiger partial charge in [0.05, 0.1) is 7.11 Å². The van der Waals surface area contributed by atoms with Crippen molar-refractivity contribution in [1.82, 2.24) is 9.80 Å². The first kappa shape index (κ1) is 13.2. The van der Waals surface area contributed by atoms with Crippen molar-refractivity contribution in [3.05, 3.63) is 0 Å². The average molecular weight is 254 g/mol. The lowest BCUT2D eigenvalue weighted by molar-refractivity contribution is -0.137. The first-order valence-corrected chi connectivity index (χ1v) is 6.84. The number of amides is 2. The second-order valence-corrected chi connectivity index (χ2v) is 5.12. The SMILES string of the molecule is COC(=O)N1CCC(C(=O)N2CCCCC2)CC1. The molecule has 0 saturated carbocycles. The molecule has 2 aliphatic rings. The van der Waals surface area contributed by atoms with E-state index in [0.717, 1.165) is 38.8 Å². The Morgan fingerprint density at radius 1 is 0.944 bits per heavy atom. The molecule has 0 aromatic rings. The predicted octanol–water partition coefficient (Wildman–Crippen LogP) is 1.48. The quantitative estimate of drug-likeness (QED) is 0.712. The summed E-state index contributed by atoms with van der Waals surface area (Å²) in [5.41, 5.74) is 0. The van der Waals surface area contributed by atoms with Crippen molar-refractivity contribution >= 4 is 12.0 Å². The van der Waals surface area contributed by atoms with Crippen LogP contribution in [0.4, 0.5) is 4.79 Å². The molecule has 0 N–H and O–H groups in total. The fourth-order valence-corrected chi connectivity index (χ4v) is 2.81. The normalized spacial score (nSPS) is 21.8. The van der Waals surface area contributed by atoms with Crippen LogP contribution in [0.25, 0.3) is 0 Å². The molecule has 5 heteroatoms. The lowest BCUT2D eigenvalue weighted by Gasteiger charge is -2.35. The smallest absolute Gasteiger partial charge is 0.409 e. The molecule has 18 heavy (non-hydrogen) atoms. The number of hydrogen-bond acceptors (Lipinski definition) is 3. The van der Waals surface area contributed by atoms with Gasteiger partial charge < -0.3 is 14.5 Å². The Morgan fingerprint density at radius 3 is 2.11 bits per heavy atom. The fourth-order valence-electron chi connectivity index (χ4n) is 2.81. The minimum Gasteiger partial charge on any atom is -0.453 e. The molecule has 102 valence electrons. The maximum absolute atomic E-state index is 12.3. The van der Waals surface area contributed by atoms with Gasteiger partial charge in [-0.1, -0.05) is 0 Å². The minimum atomic E-state index is -0.279. The summed E-state index contributed by atoms with van der Waals surface area (Å²) in [4.78, 5) is 27.3. The van der Waals surface area contributed by atoms with Crippen LogP contribution in [-0.2, 0) is 9.53 Å². The van der Waals surface area contributed by atoms with Gasteiger partial charge in [0, 0.05) is 32.1 Å². The van der Waals surface area contributed by atoms with Crippen LogP contribution in [-0.4, -0.2) is 55.1 Å². The maximum atomic E-state index is 12.3. The molecule has 0 atom stereocenters. The lowest BCUT2D eigenvalue weighted by Crippen LogP contribution is -2.45. The van der Waals surface area contributed by atoms with Crippen LogP contribution < -0.4 is 0 Å². The van der Waals surface area contributed by atoms with E-state index in [-0.39, 0.29) is 12.0 Å². The van der Waals surface area contributed by atoms with E-state index in [1.165, 1.54) is 13.5 Å². The highest BCUT2D eigenvalue weighted by molar-refractivity contribution is 5.79. The minimum absolute atomic E-state index is 0.101. The summed E-state index contributed by atoms with van der Waals surface area (Å²) in [5, 5.41) is 0. The molecule has 5 nitrogen and oxygen atoms in total. The number of rotatable bonds is 1. The van der Waals surface area contributed by atoms with E-state index in [2.05, 4.69) is 0 Å². The van der Waals surface area contributed by atoms with Gasteiger partial charge in [-0.05, 0) is 32.1 Å². The Morgan fingerprint density at radius 2 is 1.56 bits per heavy atom. The number of hydrogen-bond donors (Lipinski definition) is 0. The second kappa shape index (κ2) is 6.07. The van der Waals surface area contributed by atoms with Gasteiger partial charge >= 0.3 is 6.09 Å². The predicted molar refractivity (Wildman–Crippen MR) is 67.1 cm³/mol. The first-order chi connectivity index (χ1) is 8.72. The number of piperidine rings is 2. The van der Waals surface area contributed by atoms with Crippen LogP contribution in [0.15, 0.2) is 0 Å².